The highest BCUT2D eigenvalue weighted by Crippen LogP contribution is 2.39. The maximum absolute atomic E-state index is 13.2. The van der Waals surface area contributed by atoms with Gasteiger partial charge in [-0.3, -0.25) is 0 Å². The standard InChI is InChI=1S/C18H17FN2O2S/c1-2-12-9-16(13-3-6-15(19)7-4-13)17(10-12)14-5-8-18(21-11-14)24(20,22)23/h3-12H,2H2,1H3,(H2,20,22,23). The smallest absolute Gasteiger partial charge is 0.243 e. The maximum atomic E-state index is 13.2. The first-order chi connectivity index (χ1) is 11.4. The zero-order valence-corrected chi connectivity index (χ0v) is 13.9. The minimum absolute atomic E-state index is 0.163. The number of rotatable bonds is 4. The average molecular weight is 344 g/mol. The van der Waals surface area contributed by atoms with E-state index in [9.17, 15) is 12.8 Å². The SMILES string of the molecule is CCC1C=C(c2ccc(F)cc2)C(c2ccc(S(N)(=O)=O)nc2)=C1. The Kier molecular flexibility index (Phi) is 4.34. The maximum Gasteiger partial charge on any atom is 0.255 e. The fraction of sp³-hybridized carbons (Fsp3) is 0.167. The van der Waals surface area contributed by atoms with E-state index in [1.807, 2.05) is 0 Å². The number of hydrogen-bond acceptors (Lipinski definition) is 3. The van der Waals surface area contributed by atoms with Gasteiger partial charge in [0.2, 0.25) is 0 Å². The molecule has 124 valence electrons. The summed E-state index contributed by atoms with van der Waals surface area (Å²) in [5.74, 6) is -0.00735. The molecule has 0 saturated heterocycles. The summed E-state index contributed by atoms with van der Waals surface area (Å²) < 4.78 is 35.9. The van der Waals surface area contributed by atoms with Gasteiger partial charge in [-0.05, 0) is 53.3 Å². The normalized spacial score (nSPS) is 17.5. The lowest BCUT2D eigenvalue weighted by Crippen LogP contribution is -2.13. The molecule has 0 fully saturated rings. The molecule has 2 aromatic rings. The number of sulfonamides is 1. The molecule has 6 heteroatoms. The largest absolute Gasteiger partial charge is 0.255 e. The van der Waals surface area contributed by atoms with Crippen LogP contribution in [0.2, 0.25) is 0 Å². The summed E-state index contributed by atoms with van der Waals surface area (Å²) in [6.07, 6.45) is 6.69. The van der Waals surface area contributed by atoms with Gasteiger partial charge in [-0.25, -0.2) is 22.9 Å². The molecule has 2 N–H and O–H groups in total. The molecule has 0 amide bonds. The molecule has 0 bridgehead atoms. The van der Waals surface area contributed by atoms with Crippen molar-refractivity contribution in [2.45, 2.75) is 18.4 Å². The third-order valence-electron chi connectivity index (χ3n) is 4.02. The molecule has 1 aromatic heterocycles. The summed E-state index contributed by atoms with van der Waals surface area (Å²) >= 11 is 0. The van der Waals surface area contributed by atoms with E-state index in [1.54, 1.807) is 18.2 Å². The van der Waals surface area contributed by atoms with E-state index in [0.717, 1.165) is 28.7 Å². The molecule has 1 aromatic carbocycles. The minimum atomic E-state index is -3.82. The molecule has 4 nitrogen and oxygen atoms in total. The lowest BCUT2D eigenvalue weighted by molar-refractivity contribution is 0.594. The van der Waals surface area contributed by atoms with Crippen LogP contribution < -0.4 is 5.14 Å². The molecule has 0 aliphatic heterocycles. The Morgan fingerprint density at radius 2 is 1.62 bits per heavy atom. The van der Waals surface area contributed by atoms with Gasteiger partial charge in [0, 0.05) is 11.8 Å². The van der Waals surface area contributed by atoms with Crippen molar-refractivity contribution in [1.82, 2.24) is 4.98 Å². The van der Waals surface area contributed by atoms with Gasteiger partial charge in [-0.2, -0.15) is 0 Å². The van der Waals surface area contributed by atoms with Gasteiger partial charge in [0.25, 0.3) is 10.0 Å². The Hall–Kier alpha value is -2.31. The first-order valence-corrected chi connectivity index (χ1v) is 9.12. The molecular weight excluding hydrogens is 327 g/mol. The van der Waals surface area contributed by atoms with Crippen molar-refractivity contribution < 1.29 is 12.8 Å². The summed E-state index contributed by atoms with van der Waals surface area (Å²) in [6.45, 7) is 2.09. The first-order valence-electron chi connectivity index (χ1n) is 7.57. The van der Waals surface area contributed by atoms with E-state index in [0.29, 0.717) is 0 Å². The van der Waals surface area contributed by atoms with E-state index < -0.39 is 10.0 Å². The summed E-state index contributed by atoms with van der Waals surface area (Å²) in [7, 11) is -3.82. The average Bonchev–Trinajstić information content (AvgIpc) is 2.99. The zero-order chi connectivity index (χ0) is 17.3. The topological polar surface area (TPSA) is 73.1 Å². The number of benzene rings is 1. The molecule has 3 rings (SSSR count). The van der Waals surface area contributed by atoms with Crippen molar-refractivity contribution >= 4 is 21.2 Å². The lowest BCUT2D eigenvalue weighted by Gasteiger charge is -2.10. The predicted octanol–water partition coefficient (Wildman–Crippen LogP) is 3.37. The van der Waals surface area contributed by atoms with Crippen LogP contribution in [0, 0.1) is 11.7 Å². The molecule has 1 atom stereocenters. The van der Waals surface area contributed by atoms with Crippen LogP contribution in [-0.2, 0) is 10.0 Å². The van der Waals surface area contributed by atoms with Crippen LogP contribution in [0.25, 0.3) is 11.1 Å². The Morgan fingerprint density at radius 1 is 1.04 bits per heavy atom. The molecule has 1 aliphatic carbocycles. The molecule has 1 aliphatic rings. The van der Waals surface area contributed by atoms with Gasteiger partial charge in [0.05, 0.1) is 0 Å². The fourth-order valence-electron chi connectivity index (χ4n) is 2.73. The van der Waals surface area contributed by atoms with Crippen LogP contribution in [0.15, 0.2) is 59.8 Å². The van der Waals surface area contributed by atoms with E-state index in [4.69, 9.17) is 5.14 Å². The van der Waals surface area contributed by atoms with E-state index in [2.05, 4.69) is 24.1 Å². The quantitative estimate of drug-likeness (QED) is 0.924. The molecule has 0 saturated carbocycles. The van der Waals surface area contributed by atoms with Crippen LogP contribution in [0.3, 0.4) is 0 Å². The Balaban J connectivity index is 2.01. The predicted molar refractivity (Wildman–Crippen MR) is 91.7 cm³/mol. The van der Waals surface area contributed by atoms with Crippen molar-refractivity contribution in [2.24, 2.45) is 11.1 Å². The minimum Gasteiger partial charge on any atom is -0.243 e. The van der Waals surface area contributed by atoms with Crippen LogP contribution in [0.5, 0.6) is 0 Å². The molecular formula is C18H17FN2O2S. The number of hydrogen-bond donors (Lipinski definition) is 1. The monoisotopic (exact) mass is 344 g/mol. The Labute approximate surface area is 140 Å². The number of halogens is 1. The van der Waals surface area contributed by atoms with Crippen molar-refractivity contribution in [1.29, 1.82) is 0 Å². The highest BCUT2D eigenvalue weighted by molar-refractivity contribution is 7.89. The lowest BCUT2D eigenvalue weighted by atomic mass is 9.96. The summed E-state index contributed by atoms with van der Waals surface area (Å²) in [5.41, 5.74) is 3.66. The van der Waals surface area contributed by atoms with Gasteiger partial charge >= 0.3 is 0 Å². The first kappa shape index (κ1) is 16.5. The second-order valence-corrected chi connectivity index (χ2v) is 7.18. The van der Waals surface area contributed by atoms with E-state index in [-0.39, 0.29) is 16.8 Å². The van der Waals surface area contributed by atoms with Gasteiger partial charge in [-0.15, -0.1) is 0 Å². The molecule has 0 radical (unpaired) electrons. The third-order valence-corrected chi connectivity index (χ3v) is 4.84. The zero-order valence-electron chi connectivity index (χ0n) is 13.1. The van der Waals surface area contributed by atoms with E-state index >= 15 is 0 Å². The van der Waals surface area contributed by atoms with Gasteiger partial charge in [0.15, 0.2) is 5.03 Å². The molecule has 1 unspecified atom stereocenters. The third kappa shape index (κ3) is 3.29. The molecule has 24 heavy (non-hydrogen) atoms. The van der Waals surface area contributed by atoms with Crippen LogP contribution >= 0.6 is 0 Å². The number of pyridine rings is 1. The number of aromatic nitrogens is 1. The second-order valence-electron chi connectivity index (χ2n) is 5.67. The van der Waals surface area contributed by atoms with Gasteiger partial charge < -0.3 is 0 Å². The van der Waals surface area contributed by atoms with Gasteiger partial charge in [0.1, 0.15) is 5.82 Å². The van der Waals surface area contributed by atoms with Crippen molar-refractivity contribution in [3.8, 4) is 0 Å². The Morgan fingerprint density at radius 3 is 2.12 bits per heavy atom. The molecule has 1 heterocycles. The summed E-state index contributed by atoms with van der Waals surface area (Å²) in [5, 5.41) is 4.92. The van der Waals surface area contributed by atoms with Crippen LogP contribution in [-0.4, -0.2) is 13.4 Å². The highest BCUT2D eigenvalue weighted by atomic mass is 32.2. The summed E-state index contributed by atoms with van der Waals surface area (Å²) in [4.78, 5) is 3.95. The second kappa shape index (κ2) is 6.30. The van der Waals surface area contributed by atoms with Gasteiger partial charge in [-0.1, -0.05) is 31.2 Å². The number of primary sulfonamides is 1. The van der Waals surface area contributed by atoms with Crippen molar-refractivity contribution in [3.05, 3.63) is 71.7 Å². The van der Waals surface area contributed by atoms with E-state index in [1.165, 1.54) is 24.4 Å². The number of nitrogens with two attached hydrogens (primary N) is 1. The van der Waals surface area contributed by atoms with Crippen LogP contribution in [0.4, 0.5) is 4.39 Å². The fourth-order valence-corrected chi connectivity index (χ4v) is 3.19. The summed E-state index contributed by atoms with van der Waals surface area (Å²) in [6, 6.07) is 9.41. The van der Waals surface area contributed by atoms with Crippen molar-refractivity contribution in [3.63, 3.8) is 0 Å². The highest BCUT2D eigenvalue weighted by Gasteiger charge is 2.20. The number of nitrogens with zero attached hydrogens (tertiary/aromatic N) is 1. The van der Waals surface area contributed by atoms with Crippen molar-refractivity contribution in [2.75, 3.05) is 0 Å². The van der Waals surface area contributed by atoms with Crippen LogP contribution in [0.1, 0.15) is 24.5 Å². The Bertz CT molecular complexity index is 914. The number of allylic oxidation sites excluding steroid dienone is 4. The molecule has 0 spiro atoms.